The molecule has 0 bridgehead atoms. The normalized spacial score (nSPS) is 10.8. The van der Waals surface area contributed by atoms with E-state index >= 15 is 0 Å². The van der Waals surface area contributed by atoms with Crippen LogP contribution in [0.25, 0.3) is 11.7 Å². The molecular formula is C13H10FN3O2S. The first-order valence-corrected chi connectivity index (χ1v) is 6.75. The number of benzene rings is 1. The Morgan fingerprint density at radius 2 is 2.20 bits per heavy atom. The minimum absolute atomic E-state index is 0.309. The van der Waals surface area contributed by atoms with Gasteiger partial charge in [-0.05, 0) is 30.3 Å². The van der Waals surface area contributed by atoms with Gasteiger partial charge in [-0.3, -0.25) is 0 Å². The number of hydrogen-bond donors (Lipinski definition) is 1. The number of nitrogen functional groups attached to an aromatic ring is 1. The quantitative estimate of drug-likeness (QED) is 0.586. The van der Waals surface area contributed by atoms with Crippen LogP contribution >= 0.6 is 11.8 Å². The third-order valence-corrected chi connectivity index (χ3v) is 3.56. The standard InChI is InChI=1S/C13H10FN3O2S/c14-9-6-8(15)3-4-11(9)20-7-12-16-13(19-17-12)10-2-1-5-18-10/h1-6H,7,15H2. The van der Waals surface area contributed by atoms with Crippen LogP contribution in [0.1, 0.15) is 5.82 Å². The average molecular weight is 291 g/mol. The van der Waals surface area contributed by atoms with E-state index in [9.17, 15) is 4.39 Å². The van der Waals surface area contributed by atoms with Crippen LogP contribution in [0.15, 0.2) is 50.4 Å². The molecular weight excluding hydrogens is 281 g/mol. The number of halogens is 1. The molecule has 0 fully saturated rings. The lowest BCUT2D eigenvalue weighted by molar-refractivity contribution is 0.411. The van der Waals surface area contributed by atoms with Gasteiger partial charge in [0.05, 0.1) is 12.0 Å². The first kappa shape index (κ1) is 12.7. The van der Waals surface area contributed by atoms with Crippen molar-refractivity contribution in [3.8, 4) is 11.7 Å². The lowest BCUT2D eigenvalue weighted by Gasteiger charge is -2.01. The Morgan fingerprint density at radius 1 is 1.30 bits per heavy atom. The molecule has 0 saturated heterocycles. The fraction of sp³-hybridized carbons (Fsp3) is 0.0769. The molecule has 7 heteroatoms. The first-order chi connectivity index (χ1) is 9.72. The molecule has 1 aromatic carbocycles. The Hall–Kier alpha value is -2.28. The van der Waals surface area contributed by atoms with Gasteiger partial charge in [-0.2, -0.15) is 4.98 Å². The van der Waals surface area contributed by atoms with Crippen molar-refractivity contribution in [1.29, 1.82) is 0 Å². The van der Waals surface area contributed by atoms with E-state index in [0.717, 1.165) is 0 Å². The first-order valence-electron chi connectivity index (χ1n) is 5.76. The van der Waals surface area contributed by atoms with E-state index in [1.807, 2.05) is 0 Å². The van der Waals surface area contributed by atoms with Crippen molar-refractivity contribution in [3.05, 3.63) is 48.2 Å². The predicted octanol–water partition coefficient (Wildman–Crippen LogP) is 3.34. The fourth-order valence-corrected chi connectivity index (χ4v) is 2.35. The van der Waals surface area contributed by atoms with Gasteiger partial charge >= 0.3 is 0 Å². The Labute approximate surface area is 118 Å². The summed E-state index contributed by atoms with van der Waals surface area (Å²) in [5.74, 6) is 1.32. The summed E-state index contributed by atoms with van der Waals surface area (Å²) in [6.07, 6.45) is 1.53. The zero-order valence-electron chi connectivity index (χ0n) is 10.2. The van der Waals surface area contributed by atoms with Crippen molar-refractivity contribution >= 4 is 17.4 Å². The van der Waals surface area contributed by atoms with E-state index in [-0.39, 0.29) is 5.82 Å². The van der Waals surface area contributed by atoms with Crippen molar-refractivity contribution in [2.24, 2.45) is 0 Å². The van der Waals surface area contributed by atoms with Crippen LogP contribution in [0, 0.1) is 5.82 Å². The van der Waals surface area contributed by atoms with Crippen LogP contribution in [-0.4, -0.2) is 10.1 Å². The monoisotopic (exact) mass is 291 g/mol. The molecule has 0 spiro atoms. The van der Waals surface area contributed by atoms with Gasteiger partial charge in [-0.25, -0.2) is 4.39 Å². The molecule has 0 aliphatic carbocycles. The van der Waals surface area contributed by atoms with Crippen LogP contribution in [-0.2, 0) is 5.75 Å². The molecule has 0 aliphatic heterocycles. The van der Waals surface area contributed by atoms with Gasteiger partial charge in [-0.15, -0.1) is 11.8 Å². The van der Waals surface area contributed by atoms with Crippen LogP contribution < -0.4 is 5.73 Å². The molecule has 20 heavy (non-hydrogen) atoms. The topological polar surface area (TPSA) is 78.1 Å². The van der Waals surface area contributed by atoms with E-state index in [4.69, 9.17) is 14.7 Å². The summed E-state index contributed by atoms with van der Waals surface area (Å²) < 4.78 is 23.8. The number of hydrogen-bond acceptors (Lipinski definition) is 6. The molecule has 102 valence electrons. The highest BCUT2D eigenvalue weighted by molar-refractivity contribution is 7.98. The molecule has 2 N–H and O–H groups in total. The zero-order valence-corrected chi connectivity index (χ0v) is 11.1. The molecule has 0 atom stereocenters. The van der Waals surface area contributed by atoms with E-state index in [1.54, 1.807) is 24.3 Å². The zero-order chi connectivity index (χ0) is 13.9. The van der Waals surface area contributed by atoms with E-state index in [0.29, 0.717) is 33.8 Å². The van der Waals surface area contributed by atoms with Crippen LogP contribution in [0.5, 0.6) is 0 Å². The second-order valence-electron chi connectivity index (χ2n) is 3.97. The Kier molecular flexibility index (Phi) is 3.42. The molecule has 0 saturated carbocycles. The highest BCUT2D eigenvalue weighted by Crippen LogP contribution is 2.27. The van der Waals surface area contributed by atoms with E-state index in [2.05, 4.69) is 10.1 Å². The average Bonchev–Trinajstić information content (AvgIpc) is 3.08. The molecule has 2 heterocycles. The molecule has 5 nitrogen and oxygen atoms in total. The highest BCUT2D eigenvalue weighted by Gasteiger charge is 2.12. The molecule has 0 aliphatic rings. The van der Waals surface area contributed by atoms with Gasteiger partial charge in [0.1, 0.15) is 5.82 Å². The summed E-state index contributed by atoms with van der Waals surface area (Å²) in [7, 11) is 0. The number of furan rings is 1. The number of rotatable bonds is 4. The highest BCUT2D eigenvalue weighted by atomic mass is 32.2. The third-order valence-electron chi connectivity index (χ3n) is 2.51. The minimum atomic E-state index is -0.357. The van der Waals surface area contributed by atoms with Crippen LogP contribution in [0.3, 0.4) is 0 Å². The van der Waals surface area contributed by atoms with Gasteiger partial charge < -0.3 is 14.7 Å². The lowest BCUT2D eigenvalue weighted by Crippen LogP contribution is -1.89. The molecule has 0 amide bonds. The maximum absolute atomic E-state index is 13.6. The van der Waals surface area contributed by atoms with Crippen LogP contribution in [0.2, 0.25) is 0 Å². The molecule has 2 aromatic heterocycles. The van der Waals surface area contributed by atoms with Gasteiger partial charge in [0.25, 0.3) is 5.89 Å². The number of aromatic nitrogens is 2. The van der Waals surface area contributed by atoms with Gasteiger partial charge in [0.15, 0.2) is 11.6 Å². The lowest BCUT2D eigenvalue weighted by atomic mass is 10.3. The summed E-state index contributed by atoms with van der Waals surface area (Å²) in [6.45, 7) is 0. The SMILES string of the molecule is Nc1ccc(SCc2noc(-c3ccco3)n2)c(F)c1. The molecule has 3 aromatic rings. The second-order valence-corrected chi connectivity index (χ2v) is 4.99. The Morgan fingerprint density at radius 3 is 2.95 bits per heavy atom. The van der Waals surface area contributed by atoms with Crippen molar-refractivity contribution < 1.29 is 13.3 Å². The van der Waals surface area contributed by atoms with Crippen molar-refractivity contribution in [2.75, 3.05) is 5.73 Å². The molecule has 0 unspecified atom stereocenters. The molecule has 0 radical (unpaired) electrons. The van der Waals surface area contributed by atoms with Crippen LogP contribution in [0.4, 0.5) is 10.1 Å². The summed E-state index contributed by atoms with van der Waals surface area (Å²) >= 11 is 1.27. The largest absolute Gasteiger partial charge is 0.459 e. The smallest absolute Gasteiger partial charge is 0.293 e. The van der Waals surface area contributed by atoms with Crippen molar-refractivity contribution in [1.82, 2.24) is 10.1 Å². The summed E-state index contributed by atoms with van der Waals surface area (Å²) in [5, 5.41) is 3.82. The maximum Gasteiger partial charge on any atom is 0.293 e. The van der Waals surface area contributed by atoms with Gasteiger partial charge in [0, 0.05) is 10.6 Å². The fourth-order valence-electron chi connectivity index (χ4n) is 1.59. The van der Waals surface area contributed by atoms with E-state index < -0.39 is 0 Å². The predicted molar refractivity (Wildman–Crippen MR) is 72.4 cm³/mol. The number of nitrogens with two attached hydrogens (primary N) is 1. The number of nitrogens with zero attached hydrogens (tertiary/aromatic N) is 2. The number of anilines is 1. The summed E-state index contributed by atoms with van der Waals surface area (Å²) in [5.41, 5.74) is 5.89. The minimum Gasteiger partial charge on any atom is -0.459 e. The Bertz CT molecular complexity index is 712. The third kappa shape index (κ3) is 2.67. The second kappa shape index (κ2) is 5.38. The Balaban J connectivity index is 1.70. The molecule has 3 rings (SSSR count). The summed E-state index contributed by atoms with van der Waals surface area (Å²) in [6, 6.07) is 8.02. The van der Waals surface area contributed by atoms with Crippen molar-refractivity contribution in [2.45, 2.75) is 10.6 Å². The number of thioether (sulfide) groups is 1. The van der Waals surface area contributed by atoms with Crippen molar-refractivity contribution in [3.63, 3.8) is 0 Å². The summed E-state index contributed by atoms with van der Waals surface area (Å²) in [4.78, 5) is 4.66. The van der Waals surface area contributed by atoms with E-state index in [1.165, 1.54) is 24.1 Å². The van der Waals surface area contributed by atoms with Gasteiger partial charge in [-0.1, -0.05) is 5.16 Å². The maximum atomic E-state index is 13.6. The van der Waals surface area contributed by atoms with Gasteiger partial charge in [0.2, 0.25) is 0 Å².